The number of aryl methyl sites for hydroxylation is 1. The lowest BCUT2D eigenvalue weighted by Gasteiger charge is -2.32. The quantitative estimate of drug-likeness (QED) is 0.306. The van der Waals surface area contributed by atoms with Crippen molar-refractivity contribution in [3.05, 3.63) is 33.9 Å². The van der Waals surface area contributed by atoms with Crippen LogP contribution in [0, 0.1) is 37.5 Å². The predicted molar refractivity (Wildman–Crippen MR) is 137 cm³/mol. The molecule has 4 heteroatoms. The third-order valence-corrected chi connectivity index (χ3v) is 7.43. The van der Waals surface area contributed by atoms with Crippen molar-refractivity contribution in [2.45, 2.75) is 106 Å². The number of Topliss-reactive ketones (excluding diaryl/α,β-unsaturated/α-hetero) is 4. The van der Waals surface area contributed by atoms with Crippen LogP contribution in [0.2, 0.25) is 0 Å². The van der Waals surface area contributed by atoms with E-state index in [1.165, 1.54) is 6.92 Å². The van der Waals surface area contributed by atoms with Gasteiger partial charge < -0.3 is 0 Å². The van der Waals surface area contributed by atoms with Gasteiger partial charge in [-0.15, -0.1) is 0 Å². The number of hydrogen-bond acceptors (Lipinski definition) is 4. The first-order chi connectivity index (χ1) is 16.0. The Morgan fingerprint density at radius 3 is 2.32 bits per heavy atom. The number of carbonyl (C=O) groups is 4. The van der Waals surface area contributed by atoms with Gasteiger partial charge in [0.05, 0.1) is 6.42 Å². The second-order valence-electron chi connectivity index (χ2n) is 11.0. The Morgan fingerprint density at radius 1 is 1.09 bits per heavy atom. The lowest BCUT2D eigenvalue weighted by molar-refractivity contribution is -0.130. The topological polar surface area (TPSA) is 68.3 Å². The first-order valence-electron chi connectivity index (χ1n) is 13.2. The van der Waals surface area contributed by atoms with Crippen LogP contribution in [0.15, 0.2) is 6.07 Å². The summed E-state index contributed by atoms with van der Waals surface area (Å²) in [6.45, 7) is 13.8. The zero-order valence-electron chi connectivity index (χ0n) is 22.4. The molecule has 0 fully saturated rings. The van der Waals surface area contributed by atoms with Gasteiger partial charge in [-0.05, 0) is 80.0 Å². The van der Waals surface area contributed by atoms with Crippen molar-refractivity contribution in [2.24, 2.45) is 23.7 Å². The number of hydrogen-bond donors (Lipinski definition) is 0. The van der Waals surface area contributed by atoms with E-state index in [1.807, 2.05) is 20.8 Å². The number of ketones is 4. The summed E-state index contributed by atoms with van der Waals surface area (Å²) in [4.78, 5) is 50.1. The highest BCUT2D eigenvalue weighted by Gasteiger charge is 2.33. The normalized spacial score (nSPS) is 17.4. The van der Waals surface area contributed by atoms with Crippen molar-refractivity contribution in [3.8, 4) is 0 Å². The maximum absolute atomic E-state index is 13.3. The molecule has 3 unspecified atom stereocenters. The van der Waals surface area contributed by atoms with Crippen molar-refractivity contribution < 1.29 is 19.2 Å². The summed E-state index contributed by atoms with van der Waals surface area (Å²) in [5.41, 5.74) is 5.00. The van der Waals surface area contributed by atoms with Gasteiger partial charge in [0.15, 0.2) is 5.78 Å². The molecule has 0 spiro atoms. The molecule has 2 rings (SSSR count). The van der Waals surface area contributed by atoms with E-state index in [0.717, 1.165) is 59.9 Å². The van der Waals surface area contributed by atoms with E-state index in [4.69, 9.17) is 0 Å². The largest absolute Gasteiger partial charge is 0.300 e. The van der Waals surface area contributed by atoms with Crippen LogP contribution < -0.4 is 0 Å². The molecular formula is C30H44O4. The molecule has 0 N–H and O–H groups in total. The van der Waals surface area contributed by atoms with E-state index in [-0.39, 0.29) is 47.3 Å². The second kappa shape index (κ2) is 12.6. The highest BCUT2D eigenvalue weighted by Crippen LogP contribution is 2.38. The zero-order valence-corrected chi connectivity index (χ0v) is 22.4. The molecule has 0 bridgehead atoms. The number of fused-ring (bicyclic) bond motifs is 1. The van der Waals surface area contributed by atoms with Crippen LogP contribution in [-0.2, 0) is 27.2 Å². The van der Waals surface area contributed by atoms with Gasteiger partial charge in [-0.2, -0.15) is 0 Å². The highest BCUT2D eigenvalue weighted by atomic mass is 16.1. The fraction of sp³-hybridized carbons (Fsp3) is 0.667. The lowest BCUT2D eigenvalue weighted by atomic mass is 9.71. The zero-order chi connectivity index (χ0) is 25.6. The summed E-state index contributed by atoms with van der Waals surface area (Å²) < 4.78 is 0. The van der Waals surface area contributed by atoms with Gasteiger partial charge in [-0.3, -0.25) is 19.2 Å². The first kappa shape index (κ1) is 28.1. The van der Waals surface area contributed by atoms with Crippen molar-refractivity contribution in [1.29, 1.82) is 0 Å². The average Bonchev–Trinajstić information content (AvgIpc) is 2.70. The summed E-state index contributed by atoms with van der Waals surface area (Å²) in [5.74, 6) is 1.01. The van der Waals surface area contributed by atoms with Crippen molar-refractivity contribution in [1.82, 2.24) is 0 Å². The Kier molecular flexibility index (Phi) is 10.4. The molecule has 0 radical (unpaired) electrons. The Hall–Kier alpha value is -2.10. The lowest BCUT2D eigenvalue weighted by Crippen LogP contribution is -2.30. The van der Waals surface area contributed by atoms with Crippen molar-refractivity contribution in [2.75, 3.05) is 0 Å². The first-order valence-corrected chi connectivity index (χ1v) is 13.2. The van der Waals surface area contributed by atoms with Crippen LogP contribution in [0.4, 0.5) is 0 Å². The van der Waals surface area contributed by atoms with Crippen LogP contribution in [0.3, 0.4) is 0 Å². The van der Waals surface area contributed by atoms with Gasteiger partial charge in [0.25, 0.3) is 0 Å². The summed E-state index contributed by atoms with van der Waals surface area (Å²) in [5, 5.41) is 0. The summed E-state index contributed by atoms with van der Waals surface area (Å²) >= 11 is 0. The van der Waals surface area contributed by atoms with Crippen LogP contribution in [0.5, 0.6) is 0 Å². The molecule has 1 aliphatic rings. The van der Waals surface area contributed by atoms with Gasteiger partial charge in [0.2, 0.25) is 0 Å². The van der Waals surface area contributed by atoms with Gasteiger partial charge in [-0.1, -0.05) is 46.6 Å². The number of benzene rings is 1. The summed E-state index contributed by atoms with van der Waals surface area (Å²) in [6, 6.07) is 2.12. The Bertz CT molecular complexity index is 924. The van der Waals surface area contributed by atoms with Crippen molar-refractivity contribution in [3.63, 3.8) is 0 Å². The molecule has 3 atom stereocenters. The third-order valence-electron chi connectivity index (χ3n) is 7.43. The minimum atomic E-state index is -0.113. The van der Waals surface area contributed by atoms with Gasteiger partial charge in [0.1, 0.15) is 17.3 Å². The molecule has 0 heterocycles. The van der Waals surface area contributed by atoms with E-state index in [9.17, 15) is 19.2 Å². The molecule has 188 valence electrons. The molecule has 4 nitrogen and oxygen atoms in total. The van der Waals surface area contributed by atoms with Gasteiger partial charge in [0, 0.05) is 30.7 Å². The molecule has 0 aliphatic heterocycles. The van der Waals surface area contributed by atoms with Gasteiger partial charge >= 0.3 is 0 Å². The molecule has 1 aliphatic carbocycles. The molecule has 0 saturated carbocycles. The molecule has 1 aromatic rings. The van der Waals surface area contributed by atoms with E-state index in [2.05, 4.69) is 26.8 Å². The molecular weight excluding hydrogens is 424 g/mol. The van der Waals surface area contributed by atoms with Crippen LogP contribution in [0.1, 0.15) is 112 Å². The van der Waals surface area contributed by atoms with Crippen LogP contribution in [0.25, 0.3) is 0 Å². The van der Waals surface area contributed by atoms with E-state index in [0.29, 0.717) is 25.2 Å². The van der Waals surface area contributed by atoms with Crippen LogP contribution >= 0.6 is 0 Å². The summed E-state index contributed by atoms with van der Waals surface area (Å²) in [6.07, 6.45) is 5.80. The minimum absolute atomic E-state index is 0.0157. The molecule has 0 saturated heterocycles. The smallest absolute Gasteiger partial charge is 0.163 e. The molecule has 0 amide bonds. The third kappa shape index (κ3) is 7.20. The fourth-order valence-electron chi connectivity index (χ4n) is 6.05. The SMILES string of the molecule is CCCC(CC1CC(=O)c2c(cc(C)c(CC(=O)CC(C)C)c2C)C1)C(CC)C(=O)CC(C)=O. The highest BCUT2D eigenvalue weighted by molar-refractivity contribution is 6.01. The van der Waals surface area contributed by atoms with Crippen molar-refractivity contribution >= 4 is 23.1 Å². The second-order valence-corrected chi connectivity index (χ2v) is 11.0. The predicted octanol–water partition coefficient (Wildman–Crippen LogP) is 6.59. The average molecular weight is 469 g/mol. The van der Waals surface area contributed by atoms with E-state index < -0.39 is 0 Å². The number of rotatable bonds is 13. The summed E-state index contributed by atoms with van der Waals surface area (Å²) in [7, 11) is 0. The molecule has 34 heavy (non-hydrogen) atoms. The fourth-order valence-corrected chi connectivity index (χ4v) is 6.05. The molecule has 1 aromatic carbocycles. The minimum Gasteiger partial charge on any atom is -0.300 e. The Labute approximate surface area is 206 Å². The molecule has 0 aromatic heterocycles. The monoisotopic (exact) mass is 468 g/mol. The standard InChI is InChI=1S/C30H44O4/c1-8-10-23(26(9-2)28(33)13-20(6)31)14-22-15-24-12-19(5)27(17-25(32)11-18(3)4)21(7)30(24)29(34)16-22/h12,18,22-23,26H,8-11,13-17H2,1-7H3. The Morgan fingerprint density at radius 2 is 1.76 bits per heavy atom. The maximum Gasteiger partial charge on any atom is 0.163 e. The van der Waals surface area contributed by atoms with Gasteiger partial charge in [-0.25, -0.2) is 0 Å². The Balaban J connectivity index is 2.26. The number of carbonyl (C=O) groups excluding carboxylic acids is 4. The van der Waals surface area contributed by atoms with E-state index >= 15 is 0 Å². The maximum atomic E-state index is 13.3. The van der Waals surface area contributed by atoms with E-state index in [1.54, 1.807) is 0 Å². The van der Waals surface area contributed by atoms with Crippen LogP contribution in [-0.4, -0.2) is 23.1 Å².